The number of ether oxygens (including phenoxy) is 1. The zero-order valence-corrected chi connectivity index (χ0v) is 11.0. The van der Waals surface area contributed by atoms with Crippen LogP contribution in [-0.2, 0) is 0 Å². The summed E-state index contributed by atoms with van der Waals surface area (Å²) in [6, 6.07) is 19.2. The summed E-state index contributed by atoms with van der Waals surface area (Å²) in [5, 5.41) is 3.46. The molecule has 0 aliphatic carbocycles. The van der Waals surface area contributed by atoms with Crippen LogP contribution in [0.4, 0.5) is 0 Å². The van der Waals surface area contributed by atoms with E-state index in [1.807, 2.05) is 18.2 Å². The number of nitrogens with one attached hydrogen (secondary N) is 1. The fourth-order valence-corrected chi connectivity index (χ4v) is 2.44. The van der Waals surface area contributed by atoms with Gasteiger partial charge in [0.1, 0.15) is 5.75 Å². The second kappa shape index (κ2) is 5.19. The minimum atomic E-state index is 0.362. The van der Waals surface area contributed by atoms with Crippen molar-refractivity contribution >= 4 is 5.57 Å². The molecule has 2 aromatic carbocycles. The topological polar surface area (TPSA) is 21.3 Å². The van der Waals surface area contributed by atoms with Crippen molar-refractivity contribution in [3.63, 3.8) is 0 Å². The Morgan fingerprint density at radius 1 is 1.00 bits per heavy atom. The lowest BCUT2D eigenvalue weighted by molar-refractivity contribution is 0.414. The van der Waals surface area contributed by atoms with Gasteiger partial charge in [0.05, 0.1) is 13.2 Å². The summed E-state index contributed by atoms with van der Waals surface area (Å²) in [6.45, 7) is 0. The largest absolute Gasteiger partial charge is 0.497 e. The Morgan fingerprint density at radius 2 is 1.74 bits per heavy atom. The van der Waals surface area contributed by atoms with E-state index in [0.717, 1.165) is 12.2 Å². The van der Waals surface area contributed by atoms with Gasteiger partial charge in [-0.1, -0.05) is 42.5 Å². The highest BCUT2D eigenvalue weighted by molar-refractivity contribution is 5.68. The zero-order valence-electron chi connectivity index (χ0n) is 11.0. The van der Waals surface area contributed by atoms with E-state index in [9.17, 15) is 0 Å². The van der Waals surface area contributed by atoms with Crippen LogP contribution in [0.15, 0.2) is 60.8 Å². The van der Waals surface area contributed by atoms with Crippen LogP contribution < -0.4 is 10.1 Å². The molecular weight excluding hydrogens is 234 g/mol. The number of hydrogen-bond donors (Lipinski definition) is 1. The molecule has 1 atom stereocenters. The van der Waals surface area contributed by atoms with Gasteiger partial charge in [0.2, 0.25) is 0 Å². The highest BCUT2D eigenvalue weighted by Gasteiger charge is 2.18. The molecule has 1 aliphatic heterocycles. The summed E-state index contributed by atoms with van der Waals surface area (Å²) >= 11 is 0. The van der Waals surface area contributed by atoms with E-state index in [1.165, 1.54) is 16.7 Å². The first-order chi connectivity index (χ1) is 9.36. The summed E-state index contributed by atoms with van der Waals surface area (Å²) in [5.41, 5.74) is 3.95. The molecule has 19 heavy (non-hydrogen) atoms. The summed E-state index contributed by atoms with van der Waals surface area (Å²) in [6.07, 6.45) is 3.15. The van der Waals surface area contributed by atoms with Gasteiger partial charge >= 0.3 is 0 Å². The molecule has 0 amide bonds. The fourth-order valence-electron chi connectivity index (χ4n) is 2.44. The molecule has 0 fully saturated rings. The van der Waals surface area contributed by atoms with Crippen molar-refractivity contribution in [3.8, 4) is 5.75 Å². The first-order valence-electron chi connectivity index (χ1n) is 6.51. The molecule has 0 aromatic heterocycles. The molecule has 1 N–H and O–H groups in total. The van der Waals surface area contributed by atoms with Crippen molar-refractivity contribution in [2.24, 2.45) is 0 Å². The van der Waals surface area contributed by atoms with E-state index in [-0.39, 0.29) is 0 Å². The highest BCUT2D eigenvalue weighted by Crippen LogP contribution is 2.32. The van der Waals surface area contributed by atoms with Crippen LogP contribution in [0.3, 0.4) is 0 Å². The summed E-state index contributed by atoms with van der Waals surface area (Å²) in [7, 11) is 1.69. The Kier molecular flexibility index (Phi) is 3.23. The van der Waals surface area contributed by atoms with Crippen LogP contribution in [0, 0.1) is 0 Å². The third-order valence-electron chi connectivity index (χ3n) is 3.55. The van der Waals surface area contributed by atoms with Crippen LogP contribution in [-0.4, -0.2) is 7.11 Å². The molecule has 3 rings (SSSR count). The molecule has 0 bridgehead atoms. The van der Waals surface area contributed by atoms with Gasteiger partial charge < -0.3 is 10.1 Å². The Labute approximate surface area is 113 Å². The highest BCUT2D eigenvalue weighted by atomic mass is 16.5. The zero-order chi connectivity index (χ0) is 13.1. The molecule has 2 nitrogen and oxygen atoms in total. The maximum atomic E-state index is 5.19. The quantitative estimate of drug-likeness (QED) is 0.896. The lowest BCUT2D eigenvalue weighted by Crippen LogP contribution is -2.09. The maximum Gasteiger partial charge on any atom is 0.118 e. The number of benzene rings is 2. The van der Waals surface area contributed by atoms with Gasteiger partial charge in [-0.3, -0.25) is 0 Å². The van der Waals surface area contributed by atoms with Crippen LogP contribution in [0.1, 0.15) is 23.6 Å². The van der Waals surface area contributed by atoms with Gasteiger partial charge in [-0.2, -0.15) is 0 Å². The van der Waals surface area contributed by atoms with Crippen LogP contribution in [0.5, 0.6) is 5.75 Å². The minimum Gasteiger partial charge on any atom is -0.497 e. The van der Waals surface area contributed by atoms with Gasteiger partial charge in [-0.05, 0) is 35.3 Å². The first-order valence-corrected chi connectivity index (χ1v) is 6.51. The monoisotopic (exact) mass is 251 g/mol. The Hall–Kier alpha value is -2.22. The fraction of sp³-hybridized carbons (Fsp3) is 0.176. The lowest BCUT2D eigenvalue weighted by atomic mass is 9.98. The van der Waals surface area contributed by atoms with E-state index in [2.05, 4.69) is 47.9 Å². The SMILES string of the molecule is COc1ccc(C2CC(c3ccccc3)=CN2)cc1. The predicted molar refractivity (Wildman–Crippen MR) is 77.9 cm³/mol. The number of rotatable bonds is 3. The molecule has 0 spiro atoms. The average Bonchev–Trinajstić information content (AvgIpc) is 2.98. The number of methoxy groups -OCH3 is 1. The van der Waals surface area contributed by atoms with Gasteiger partial charge in [0.15, 0.2) is 0 Å². The van der Waals surface area contributed by atoms with E-state index < -0.39 is 0 Å². The van der Waals surface area contributed by atoms with Gasteiger partial charge in [0.25, 0.3) is 0 Å². The third-order valence-corrected chi connectivity index (χ3v) is 3.55. The molecule has 1 unspecified atom stereocenters. The Morgan fingerprint density at radius 3 is 2.42 bits per heavy atom. The molecule has 1 heterocycles. The summed E-state index contributed by atoms with van der Waals surface area (Å²) in [5.74, 6) is 0.901. The van der Waals surface area contributed by atoms with Crippen LogP contribution >= 0.6 is 0 Å². The van der Waals surface area contributed by atoms with Crippen molar-refractivity contribution in [2.75, 3.05) is 7.11 Å². The van der Waals surface area contributed by atoms with Crippen LogP contribution in [0.25, 0.3) is 5.57 Å². The van der Waals surface area contributed by atoms with Crippen molar-refractivity contribution in [1.82, 2.24) is 5.32 Å². The average molecular weight is 251 g/mol. The number of hydrogen-bond acceptors (Lipinski definition) is 2. The minimum absolute atomic E-state index is 0.362. The molecule has 2 aromatic rings. The van der Waals surface area contributed by atoms with Crippen molar-refractivity contribution in [1.29, 1.82) is 0 Å². The Bertz CT molecular complexity index is 572. The Balaban J connectivity index is 1.73. The van der Waals surface area contributed by atoms with E-state index in [0.29, 0.717) is 6.04 Å². The van der Waals surface area contributed by atoms with E-state index >= 15 is 0 Å². The third kappa shape index (κ3) is 2.48. The molecule has 0 radical (unpaired) electrons. The maximum absolute atomic E-state index is 5.19. The van der Waals surface area contributed by atoms with Crippen molar-refractivity contribution in [2.45, 2.75) is 12.5 Å². The molecule has 0 saturated heterocycles. The first kappa shape index (κ1) is 11.8. The lowest BCUT2D eigenvalue weighted by Gasteiger charge is -2.12. The smallest absolute Gasteiger partial charge is 0.118 e. The van der Waals surface area contributed by atoms with Gasteiger partial charge in [-0.15, -0.1) is 0 Å². The predicted octanol–water partition coefficient (Wildman–Crippen LogP) is 3.77. The molecular formula is C17H17NO. The molecule has 2 heteroatoms. The van der Waals surface area contributed by atoms with Gasteiger partial charge in [0, 0.05) is 6.20 Å². The summed E-state index contributed by atoms with van der Waals surface area (Å²) < 4.78 is 5.19. The van der Waals surface area contributed by atoms with Crippen molar-refractivity contribution in [3.05, 3.63) is 71.9 Å². The molecule has 96 valence electrons. The normalized spacial score (nSPS) is 17.7. The molecule has 0 saturated carbocycles. The second-order valence-corrected chi connectivity index (χ2v) is 4.73. The van der Waals surface area contributed by atoms with E-state index in [1.54, 1.807) is 7.11 Å². The standard InChI is InChI=1S/C17H17NO/c1-19-16-9-7-14(8-10-16)17-11-15(12-18-17)13-5-3-2-4-6-13/h2-10,12,17-18H,11H2,1H3. The second-order valence-electron chi connectivity index (χ2n) is 4.73. The molecule has 1 aliphatic rings. The van der Waals surface area contributed by atoms with Crippen molar-refractivity contribution < 1.29 is 4.74 Å². The van der Waals surface area contributed by atoms with Crippen LogP contribution in [0.2, 0.25) is 0 Å². The summed E-state index contributed by atoms with van der Waals surface area (Å²) in [4.78, 5) is 0. The van der Waals surface area contributed by atoms with E-state index in [4.69, 9.17) is 4.74 Å². The van der Waals surface area contributed by atoms with Gasteiger partial charge in [-0.25, -0.2) is 0 Å².